The van der Waals surface area contributed by atoms with E-state index in [2.05, 4.69) is 16.4 Å². The highest BCUT2D eigenvalue weighted by molar-refractivity contribution is 6.07. The molecule has 1 nitrogen and oxygen atoms in total. The summed E-state index contributed by atoms with van der Waals surface area (Å²) in [6.45, 7) is 0.621. The van der Waals surface area contributed by atoms with E-state index in [1.54, 1.807) is 0 Å². The Labute approximate surface area is 72.1 Å². The van der Waals surface area contributed by atoms with Crippen molar-refractivity contribution in [3.63, 3.8) is 0 Å². The van der Waals surface area contributed by atoms with Crippen molar-refractivity contribution >= 4 is 11.9 Å². The van der Waals surface area contributed by atoms with E-state index in [1.807, 2.05) is 18.2 Å². The quantitative estimate of drug-likeness (QED) is 0.632. The van der Waals surface area contributed by atoms with Gasteiger partial charge in [0, 0.05) is 0 Å². The standard InChI is InChI=1S/C9H11ClO/c10-11-8-4-7-9-5-2-1-3-6-9/h1-3,5-6H,4,7-8H2. The second-order valence-electron chi connectivity index (χ2n) is 2.40. The number of halogens is 1. The fourth-order valence-corrected chi connectivity index (χ4v) is 1.08. The van der Waals surface area contributed by atoms with Crippen molar-refractivity contribution in [2.75, 3.05) is 6.61 Å². The SMILES string of the molecule is ClOCCCc1ccccc1. The minimum absolute atomic E-state index is 0.621. The van der Waals surface area contributed by atoms with Gasteiger partial charge < -0.3 is 0 Å². The summed E-state index contributed by atoms with van der Waals surface area (Å²) in [6, 6.07) is 10.3. The largest absolute Gasteiger partial charge is 0.279 e. The lowest BCUT2D eigenvalue weighted by atomic mass is 10.1. The lowest BCUT2D eigenvalue weighted by Crippen LogP contribution is -1.89. The summed E-state index contributed by atoms with van der Waals surface area (Å²) in [7, 11) is 0. The number of rotatable bonds is 4. The summed E-state index contributed by atoms with van der Waals surface area (Å²) in [5.74, 6) is 0. The molecule has 0 saturated heterocycles. The molecule has 1 aromatic rings. The molecule has 11 heavy (non-hydrogen) atoms. The van der Waals surface area contributed by atoms with Gasteiger partial charge in [-0.1, -0.05) is 30.3 Å². The third-order valence-corrected chi connectivity index (χ3v) is 1.68. The van der Waals surface area contributed by atoms with Crippen LogP contribution < -0.4 is 0 Å². The van der Waals surface area contributed by atoms with E-state index in [9.17, 15) is 0 Å². The third kappa shape index (κ3) is 3.40. The molecule has 0 spiro atoms. The Morgan fingerprint density at radius 2 is 1.91 bits per heavy atom. The topological polar surface area (TPSA) is 9.23 Å². The summed E-state index contributed by atoms with van der Waals surface area (Å²) in [4.78, 5) is 0. The molecular formula is C9H11ClO. The molecule has 0 aromatic heterocycles. The number of benzene rings is 1. The van der Waals surface area contributed by atoms with Crippen LogP contribution in [0.15, 0.2) is 30.3 Å². The molecule has 1 rings (SSSR count). The first kappa shape index (κ1) is 8.57. The van der Waals surface area contributed by atoms with Crippen LogP contribution in [0.25, 0.3) is 0 Å². The Balaban J connectivity index is 2.28. The maximum absolute atomic E-state index is 5.07. The second-order valence-corrected chi connectivity index (χ2v) is 2.62. The zero-order valence-electron chi connectivity index (χ0n) is 6.29. The average molecular weight is 171 g/mol. The first-order valence-electron chi connectivity index (χ1n) is 3.71. The van der Waals surface area contributed by atoms with Crippen LogP contribution in [0.2, 0.25) is 0 Å². The van der Waals surface area contributed by atoms with E-state index >= 15 is 0 Å². The Bertz CT molecular complexity index is 186. The van der Waals surface area contributed by atoms with Gasteiger partial charge in [-0.05, 0) is 18.4 Å². The molecule has 0 saturated carbocycles. The van der Waals surface area contributed by atoms with E-state index < -0.39 is 0 Å². The van der Waals surface area contributed by atoms with Crippen molar-refractivity contribution in [2.45, 2.75) is 12.8 Å². The monoisotopic (exact) mass is 170 g/mol. The number of hydrogen-bond donors (Lipinski definition) is 0. The maximum Gasteiger partial charge on any atom is 0.0685 e. The summed E-state index contributed by atoms with van der Waals surface area (Å²) in [5, 5.41) is 0. The van der Waals surface area contributed by atoms with Crippen LogP contribution in [0.3, 0.4) is 0 Å². The highest BCUT2D eigenvalue weighted by Gasteiger charge is 1.90. The highest BCUT2D eigenvalue weighted by Crippen LogP contribution is 2.02. The Morgan fingerprint density at radius 1 is 1.18 bits per heavy atom. The third-order valence-electron chi connectivity index (χ3n) is 1.53. The zero-order valence-corrected chi connectivity index (χ0v) is 7.05. The molecule has 0 amide bonds. The van der Waals surface area contributed by atoms with E-state index in [0.717, 1.165) is 12.8 Å². The Morgan fingerprint density at radius 3 is 2.55 bits per heavy atom. The van der Waals surface area contributed by atoms with Crippen LogP contribution in [-0.4, -0.2) is 6.61 Å². The van der Waals surface area contributed by atoms with Gasteiger partial charge in [-0.3, -0.25) is 4.29 Å². The Hall–Kier alpha value is -0.530. The van der Waals surface area contributed by atoms with Gasteiger partial charge in [-0.25, -0.2) is 0 Å². The second kappa shape index (κ2) is 5.16. The fraction of sp³-hybridized carbons (Fsp3) is 0.333. The molecule has 0 N–H and O–H groups in total. The van der Waals surface area contributed by atoms with Crippen molar-refractivity contribution < 1.29 is 4.29 Å². The summed E-state index contributed by atoms with van der Waals surface area (Å²) < 4.78 is 4.44. The molecule has 0 bridgehead atoms. The van der Waals surface area contributed by atoms with Gasteiger partial charge >= 0.3 is 0 Å². The van der Waals surface area contributed by atoms with Crippen LogP contribution in [0.1, 0.15) is 12.0 Å². The van der Waals surface area contributed by atoms with Gasteiger partial charge in [0.1, 0.15) is 0 Å². The van der Waals surface area contributed by atoms with Gasteiger partial charge in [0.25, 0.3) is 0 Å². The molecule has 0 aliphatic rings. The van der Waals surface area contributed by atoms with Gasteiger partial charge in [0.15, 0.2) is 0 Å². The molecule has 0 fully saturated rings. The molecular weight excluding hydrogens is 160 g/mol. The molecule has 2 heteroatoms. The van der Waals surface area contributed by atoms with Crippen LogP contribution in [0.4, 0.5) is 0 Å². The average Bonchev–Trinajstić information content (AvgIpc) is 2.07. The number of hydrogen-bond acceptors (Lipinski definition) is 1. The molecule has 0 aliphatic carbocycles. The van der Waals surface area contributed by atoms with Crippen LogP contribution in [0, 0.1) is 0 Å². The first-order chi connectivity index (χ1) is 5.43. The fourth-order valence-electron chi connectivity index (χ4n) is 0.976. The molecule has 1 aromatic carbocycles. The Kier molecular flexibility index (Phi) is 4.02. The first-order valence-corrected chi connectivity index (χ1v) is 4.02. The lowest BCUT2D eigenvalue weighted by molar-refractivity contribution is 0.343. The minimum Gasteiger partial charge on any atom is -0.279 e. The molecule has 0 atom stereocenters. The van der Waals surface area contributed by atoms with Crippen molar-refractivity contribution in [1.82, 2.24) is 0 Å². The van der Waals surface area contributed by atoms with Crippen molar-refractivity contribution in [2.24, 2.45) is 0 Å². The summed E-state index contributed by atoms with van der Waals surface area (Å²) in [6.07, 6.45) is 2.01. The summed E-state index contributed by atoms with van der Waals surface area (Å²) >= 11 is 5.07. The molecule has 0 unspecified atom stereocenters. The maximum atomic E-state index is 5.07. The lowest BCUT2D eigenvalue weighted by Gasteiger charge is -1.97. The van der Waals surface area contributed by atoms with E-state index in [4.69, 9.17) is 11.9 Å². The minimum atomic E-state index is 0.621. The zero-order chi connectivity index (χ0) is 7.94. The van der Waals surface area contributed by atoms with Gasteiger partial charge in [-0.2, -0.15) is 0 Å². The van der Waals surface area contributed by atoms with E-state index in [-0.39, 0.29) is 0 Å². The molecule has 60 valence electrons. The van der Waals surface area contributed by atoms with Crippen LogP contribution in [-0.2, 0) is 10.7 Å². The predicted octanol–water partition coefficient (Wildman–Crippen LogP) is 2.79. The van der Waals surface area contributed by atoms with Gasteiger partial charge in [0.05, 0.1) is 18.5 Å². The highest BCUT2D eigenvalue weighted by atomic mass is 35.5. The normalized spacial score (nSPS) is 9.91. The van der Waals surface area contributed by atoms with E-state index in [1.165, 1.54) is 5.56 Å². The van der Waals surface area contributed by atoms with Crippen LogP contribution in [0.5, 0.6) is 0 Å². The van der Waals surface area contributed by atoms with Gasteiger partial charge in [0.2, 0.25) is 0 Å². The smallest absolute Gasteiger partial charge is 0.0685 e. The predicted molar refractivity (Wildman–Crippen MR) is 46.6 cm³/mol. The number of aryl methyl sites for hydroxylation is 1. The van der Waals surface area contributed by atoms with Gasteiger partial charge in [-0.15, -0.1) is 0 Å². The molecule has 0 aliphatic heterocycles. The van der Waals surface area contributed by atoms with Crippen molar-refractivity contribution in [1.29, 1.82) is 0 Å². The van der Waals surface area contributed by atoms with Crippen LogP contribution >= 0.6 is 11.9 Å². The molecule has 0 radical (unpaired) electrons. The summed E-state index contributed by atoms with van der Waals surface area (Å²) in [5.41, 5.74) is 1.33. The van der Waals surface area contributed by atoms with Crippen molar-refractivity contribution in [3.8, 4) is 0 Å². The molecule has 0 heterocycles. The van der Waals surface area contributed by atoms with Crippen molar-refractivity contribution in [3.05, 3.63) is 35.9 Å². The van der Waals surface area contributed by atoms with E-state index in [0.29, 0.717) is 6.61 Å².